The van der Waals surface area contributed by atoms with Gasteiger partial charge in [-0.05, 0) is 25.0 Å². The Balaban J connectivity index is 2.07. The van der Waals surface area contributed by atoms with Crippen molar-refractivity contribution in [2.24, 2.45) is 0 Å². The van der Waals surface area contributed by atoms with Crippen molar-refractivity contribution >= 4 is 5.97 Å². The molecule has 0 saturated heterocycles. The predicted molar refractivity (Wildman–Crippen MR) is 70.8 cm³/mol. The number of carboxylic acids is 1. The van der Waals surface area contributed by atoms with Gasteiger partial charge >= 0.3 is 5.97 Å². The smallest absolute Gasteiger partial charge is 0.355 e. The summed E-state index contributed by atoms with van der Waals surface area (Å²) in [5, 5.41) is 8.88. The molecule has 1 heterocycles. The summed E-state index contributed by atoms with van der Waals surface area (Å²) in [6.45, 7) is 2.79. The van der Waals surface area contributed by atoms with E-state index in [1.54, 1.807) is 12.3 Å². The van der Waals surface area contributed by atoms with Gasteiger partial charge in [0.1, 0.15) is 6.61 Å². The molecule has 0 saturated carbocycles. The molecule has 102 valence electrons. The largest absolute Gasteiger partial charge is 0.476 e. The maximum absolute atomic E-state index is 10.8. The molecule has 0 amide bonds. The first-order valence-electron chi connectivity index (χ1n) is 6.79. The summed E-state index contributed by atoms with van der Waals surface area (Å²) in [7, 11) is 0. The first-order chi connectivity index (χ1) is 8.75. The zero-order valence-electron chi connectivity index (χ0n) is 11.1. The summed E-state index contributed by atoms with van der Waals surface area (Å²) in [6.07, 6.45) is 10.2. The minimum atomic E-state index is -0.959. The third-order valence-electron chi connectivity index (χ3n) is 2.91. The molecule has 1 aromatic rings. The highest BCUT2D eigenvalue weighted by molar-refractivity contribution is 5.85. The summed E-state index contributed by atoms with van der Waals surface area (Å²) in [5.41, 5.74) is 0.179. The van der Waals surface area contributed by atoms with Crippen molar-refractivity contribution in [1.82, 2.24) is 4.73 Å². The monoisotopic (exact) mass is 253 g/mol. The molecule has 4 heteroatoms. The third-order valence-corrected chi connectivity index (χ3v) is 2.91. The fraction of sp³-hybridized carbons (Fsp3) is 0.643. The van der Waals surface area contributed by atoms with Crippen LogP contribution in [0.3, 0.4) is 0 Å². The van der Waals surface area contributed by atoms with Crippen molar-refractivity contribution < 1.29 is 14.7 Å². The number of aromatic nitrogens is 1. The zero-order valence-corrected chi connectivity index (χ0v) is 11.1. The number of nitrogens with zero attached hydrogens (tertiary/aromatic N) is 1. The molecule has 0 aromatic carbocycles. The van der Waals surface area contributed by atoms with Gasteiger partial charge in [0.2, 0.25) is 0 Å². The minimum Gasteiger partial charge on any atom is -0.476 e. The van der Waals surface area contributed by atoms with Crippen LogP contribution in [0.4, 0.5) is 0 Å². The van der Waals surface area contributed by atoms with Gasteiger partial charge in [-0.3, -0.25) is 0 Å². The Labute approximate surface area is 109 Å². The Morgan fingerprint density at radius 3 is 2.56 bits per heavy atom. The molecule has 0 atom stereocenters. The maximum atomic E-state index is 10.8. The number of hydrogen-bond donors (Lipinski definition) is 1. The molecular weight excluding hydrogens is 230 g/mol. The van der Waals surface area contributed by atoms with E-state index in [1.165, 1.54) is 42.9 Å². The van der Waals surface area contributed by atoms with Gasteiger partial charge < -0.3 is 9.94 Å². The van der Waals surface area contributed by atoms with Crippen molar-refractivity contribution in [2.45, 2.75) is 51.9 Å². The second kappa shape index (κ2) is 8.61. The highest BCUT2D eigenvalue weighted by Crippen LogP contribution is 2.07. The Morgan fingerprint density at radius 1 is 1.22 bits per heavy atom. The van der Waals surface area contributed by atoms with Gasteiger partial charge in [-0.15, -0.1) is 0 Å². The standard InChI is InChI=1S/C14H23NO3/c1-2-3-4-5-6-7-8-12-18-15-11-9-10-13(15)14(16)17/h9-11H,2-8,12H2,1H3,(H,16,17). The van der Waals surface area contributed by atoms with Crippen LogP contribution in [0.1, 0.15) is 62.4 Å². The molecule has 0 aliphatic carbocycles. The van der Waals surface area contributed by atoms with Crippen LogP contribution in [0, 0.1) is 0 Å². The average molecular weight is 253 g/mol. The van der Waals surface area contributed by atoms with E-state index in [4.69, 9.17) is 9.94 Å². The van der Waals surface area contributed by atoms with Crippen LogP contribution >= 0.6 is 0 Å². The summed E-state index contributed by atoms with van der Waals surface area (Å²) < 4.78 is 1.33. The fourth-order valence-corrected chi connectivity index (χ4v) is 1.87. The van der Waals surface area contributed by atoms with Gasteiger partial charge in [0, 0.05) is 6.20 Å². The van der Waals surface area contributed by atoms with Crippen LogP contribution in [-0.2, 0) is 0 Å². The lowest BCUT2D eigenvalue weighted by molar-refractivity contribution is 0.0589. The number of hydrogen-bond acceptors (Lipinski definition) is 2. The fourth-order valence-electron chi connectivity index (χ4n) is 1.87. The molecule has 1 rings (SSSR count). The van der Waals surface area contributed by atoms with Crippen LogP contribution in [0.25, 0.3) is 0 Å². The van der Waals surface area contributed by atoms with E-state index in [2.05, 4.69) is 6.92 Å². The van der Waals surface area contributed by atoms with Crippen LogP contribution < -0.4 is 4.84 Å². The second-order valence-corrected chi connectivity index (χ2v) is 4.48. The average Bonchev–Trinajstić information content (AvgIpc) is 2.81. The van der Waals surface area contributed by atoms with Gasteiger partial charge in [0.15, 0.2) is 5.69 Å². The molecule has 4 nitrogen and oxygen atoms in total. The second-order valence-electron chi connectivity index (χ2n) is 4.48. The van der Waals surface area contributed by atoms with E-state index in [1.807, 2.05) is 0 Å². The molecular formula is C14H23NO3. The van der Waals surface area contributed by atoms with E-state index in [0.29, 0.717) is 6.61 Å². The summed E-state index contributed by atoms with van der Waals surface area (Å²) in [5.74, 6) is -0.959. The van der Waals surface area contributed by atoms with Crippen LogP contribution in [0.2, 0.25) is 0 Å². The Hall–Kier alpha value is -1.45. The summed E-state index contributed by atoms with van der Waals surface area (Å²) >= 11 is 0. The van der Waals surface area contributed by atoms with Gasteiger partial charge in [-0.1, -0.05) is 39.0 Å². The first kappa shape index (κ1) is 14.6. The lowest BCUT2D eigenvalue weighted by Crippen LogP contribution is -2.17. The summed E-state index contributed by atoms with van der Waals surface area (Å²) in [6, 6.07) is 3.21. The molecule has 0 spiro atoms. The number of carboxylic acid groups (broad SMARTS) is 1. The topological polar surface area (TPSA) is 51.5 Å². The van der Waals surface area contributed by atoms with E-state index < -0.39 is 5.97 Å². The molecule has 0 fully saturated rings. The van der Waals surface area contributed by atoms with Gasteiger partial charge in [-0.25, -0.2) is 4.79 Å². The Bertz CT molecular complexity index is 347. The molecule has 0 bridgehead atoms. The Morgan fingerprint density at radius 2 is 1.89 bits per heavy atom. The van der Waals surface area contributed by atoms with E-state index >= 15 is 0 Å². The normalized spacial score (nSPS) is 10.5. The zero-order chi connectivity index (χ0) is 13.2. The van der Waals surface area contributed by atoms with Crippen molar-refractivity contribution in [3.8, 4) is 0 Å². The highest BCUT2D eigenvalue weighted by atomic mass is 16.7. The lowest BCUT2D eigenvalue weighted by atomic mass is 10.1. The molecule has 0 radical (unpaired) electrons. The SMILES string of the molecule is CCCCCCCCCOn1cccc1C(=O)O. The number of rotatable bonds is 10. The van der Waals surface area contributed by atoms with Gasteiger partial charge in [0.05, 0.1) is 0 Å². The molecule has 0 aliphatic rings. The number of carbonyl (C=O) groups is 1. The quantitative estimate of drug-likeness (QED) is 0.650. The molecule has 18 heavy (non-hydrogen) atoms. The molecule has 1 aromatic heterocycles. The van der Waals surface area contributed by atoms with E-state index in [9.17, 15) is 4.79 Å². The number of unbranched alkanes of at least 4 members (excludes halogenated alkanes) is 6. The third kappa shape index (κ3) is 5.25. The summed E-state index contributed by atoms with van der Waals surface area (Å²) in [4.78, 5) is 16.2. The highest BCUT2D eigenvalue weighted by Gasteiger charge is 2.08. The van der Waals surface area contributed by atoms with Crippen molar-refractivity contribution in [3.63, 3.8) is 0 Å². The van der Waals surface area contributed by atoms with E-state index in [-0.39, 0.29) is 5.69 Å². The Kier molecular flexibility index (Phi) is 6.99. The van der Waals surface area contributed by atoms with Crippen LogP contribution in [0.5, 0.6) is 0 Å². The van der Waals surface area contributed by atoms with Crippen LogP contribution in [0.15, 0.2) is 18.3 Å². The lowest BCUT2D eigenvalue weighted by Gasteiger charge is -2.08. The van der Waals surface area contributed by atoms with Crippen molar-refractivity contribution in [2.75, 3.05) is 6.61 Å². The molecule has 0 unspecified atom stereocenters. The maximum Gasteiger partial charge on any atom is 0.355 e. The molecule has 0 aliphatic heterocycles. The van der Waals surface area contributed by atoms with Crippen LogP contribution in [-0.4, -0.2) is 22.4 Å². The van der Waals surface area contributed by atoms with E-state index in [0.717, 1.165) is 12.8 Å². The molecule has 1 N–H and O–H groups in total. The van der Waals surface area contributed by atoms with Crippen molar-refractivity contribution in [3.05, 3.63) is 24.0 Å². The minimum absolute atomic E-state index is 0.179. The van der Waals surface area contributed by atoms with Gasteiger partial charge in [-0.2, -0.15) is 4.73 Å². The van der Waals surface area contributed by atoms with Gasteiger partial charge in [0.25, 0.3) is 0 Å². The number of aromatic carboxylic acids is 1. The predicted octanol–water partition coefficient (Wildman–Crippen LogP) is 3.37. The van der Waals surface area contributed by atoms with Crippen molar-refractivity contribution in [1.29, 1.82) is 0 Å². The first-order valence-corrected chi connectivity index (χ1v) is 6.79.